The number of rotatable bonds is 7. The van der Waals surface area contributed by atoms with Gasteiger partial charge in [-0.2, -0.15) is 4.98 Å². The van der Waals surface area contributed by atoms with E-state index in [0.29, 0.717) is 28.2 Å². The summed E-state index contributed by atoms with van der Waals surface area (Å²) in [5.74, 6) is 1.58. The summed E-state index contributed by atoms with van der Waals surface area (Å²) >= 11 is 5.29. The fourth-order valence-electron chi connectivity index (χ4n) is 2.49. The zero-order valence-electron chi connectivity index (χ0n) is 16.6. The Morgan fingerprint density at radius 3 is 2.63 bits per heavy atom. The van der Waals surface area contributed by atoms with Crippen LogP contribution in [0.5, 0.6) is 5.75 Å². The minimum Gasteiger partial charge on any atom is -0.497 e. The van der Waals surface area contributed by atoms with Crippen LogP contribution in [0.15, 0.2) is 53.1 Å². The lowest BCUT2D eigenvalue weighted by atomic mass is 10.2. The Bertz CT molecular complexity index is 1130. The van der Waals surface area contributed by atoms with Crippen molar-refractivity contribution < 1.29 is 17.7 Å². The Morgan fingerprint density at radius 2 is 1.97 bits per heavy atom. The normalized spacial score (nSPS) is 11.0. The van der Waals surface area contributed by atoms with Crippen molar-refractivity contribution in [1.82, 2.24) is 15.5 Å². The molecule has 0 spiro atoms. The molecule has 0 aliphatic heterocycles. The van der Waals surface area contributed by atoms with Crippen LogP contribution >= 0.6 is 12.2 Å². The number of nitrogens with one attached hydrogen (secondary N) is 2. The maximum Gasteiger partial charge on any atom is 0.246 e. The lowest BCUT2D eigenvalue weighted by Crippen LogP contribution is -2.28. The fraction of sp³-hybridized carbons (Fsp3) is 0.211. The Morgan fingerprint density at radius 1 is 1.23 bits per heavy atom. The average Bonchev–Trinajstić information content (AvgIpc) is 3.20. The first-order valence-electron chi connectivity index (χ1n) is 8.82. The van der Waals surface area contributed by atoms with E-state index in [4.69, 9.17) is 21.5 Å². The number of thiocarbonyl (C=S) groups is 1. The molecule has 3 rings (SSSR count). The van der Waals surface area contributed by atoms with Crippen LogP contribution in [0.3, 0.4) is 0 Å². The Balaban J connectivity index is 1.58. The number of anilines is 2. The van der Waals surface area contributed by atoms with Crippen molar-refractivity contribution in [2.45, 2.75) is 6.54 Å². The summed E-state index contributed by atoms with van der Waals surface area (Å²) < 4.78 is 35.0. The molecule has 2 aromatic carbocycles. The lowest BCUT2D eigenvalue weighted by molar-refractivity contribution is 0.376. The van der Waals surface area contributed by atoms with Gasteiger partial charge in [-0.05, 0) is 54.7 Å². The van der Waals surface area contributed by atoms with Crippen LogP contribution in [0, 0.1) is 0 Å². The van der Waals surface area contributed by atoms with Crippen LogP contribution in [0.1, 0.15) is 5.89 Å². The SMILES string of the molecule is COc1ccc(-c2noc(CNC(=S)Nc3cccc(N(C)S(C)(=O)=O)c3)n2)cc1. The topological polar surface area (TPSA) is 110 Å². The number of nitrogens with zero attached hydrogens (tertiary/aromatic N) is 3. The highest BCUT2D eigenvalue weighted by Crippen LogP contribution is 2.21. The van der Waals surface area contributed by atoms with Gasteiger partial charge in [0.1, 0.15) is 5.75 Å². The zero-order chi connectivity index (χ0) is 21.7. The van der Waals surface area contributed by atoms with Crippen LogP contribution in [0.25, 0.3) is 11.4 Å². The van der Waals surface area contributed by atoms with E-state index in [1.54, 1.807) is 31.4 Å². The zero-order valence-corrected chi connectivity index (χ0v) is 18.3. The predicted molar refractivity (Wildman–Crippen MR) is 119 cm³/mol. The summed E-state index contributed by atoms with van der Waals surface area (Å²) in [6, 6.07) is 14.2. The molecule has 0 unspecified atom stereocenters. The van der Waals surface area contributed by atoms with E-state index >= 15 is 0 Å². The molecule has 158 valence electrons. The van der Waals surface area contributed by atoms with Gasteiger partial charge in [0.05, 0.1) is 25.6 Å². The standard InChI is InChI=1S/C19H21N5O4S2/c1-24(30(3,25)26)15-6-4-5-14(11-15)21-19(29)20-12-17-22-18(23-28-17)13-7-9-16(27-2)10-8-13/h4-11H,12H2,1-3H3,(H2,20,21,29). The summed E-state index contributed by atoms with van der Waals surface area (Å²) in [4.78, 5) is 4.34. The number of hydrogen-bond donors (Lipinski definition) is 2. The number of methoxy groups -OCH3 is 1. The van der Waals surface area contributed by atoms with Crippen molar-refractivity contribution in [3.8, 4) is 17.1 Å². The molecule has 0 saturated heterocycles. The molecule has 3 aromatic rings. The van der Waals surface area contributed by atoms with E-state index in [1.807, 2.05) is 24.3 Å². The molecule has 1 heterocycles. The molecule has 0 fully saturated rings. The molecule has 1 aromatic heterocycles. The van der Waals surface area contributed by atoms with Gasteiger partial charge in [0.2, 0.25) is 21.7 Å². The summed E-state index contributed by atoms with van der Waals surface area (Å²) in [5.41, 5.74) is 1.97. The first kappa shape index (κ1) is 21.5. The van der Waals surface area contributed by atoms with Crippen molar-refractivity contribution in [3.63, 3.8) is 0 Å². The number of hydrogen-bond acceptors (Lipinski definition) is 7. The molecular formula is C19H21N5O4S2. The minimum atomic E-state index is -3.35. The van der Waals surface area contributed by atoms with Gasteiger partial charge in [0.25, 0.3) is 0 Å². The minimum absolute atomic E-state index is 0.234. The van der Waals surface area contributed by atoms with Crippen LogP contribution < -0.4 is 19.7 Å². The third kappa shape index (κ3) is 5.45. The van der Waals surface area contributed by atoms with Gasteiger partial charge in [-0.3, -0.25) is 4.31 Å². The summed E-state index contributed by atoms with van der Waals surface area (Å²) in [6.45, 7) is 0.234. The quantitative estimate of drug-likeness (QED) is 0.528. The Hall–Kier alpha value is -3.18. The van der Waals surface area contributed by atoms with E-state index in [-0.39, 0.29) is 6.54 Å². The van der Waals surface area contributed by atoms with Crippen molar-refractivity contribution in [2.24, 2.45) is 0 Å². The predicted octanol–water partition coefficient (Wildman–Crippen LogP) is 2.63. The molecule has 0 radical (unpaired) electrons. The van der Waals surface area contributed by atoms with E-state index in [0.717, 1.165) is 17.6 Å². The monoisotopic (exact) mass is 447 g/mol. The highest BCUT2D eigenvalue weighted by atomic mass is 32.2. The van der Waals surface area contributed by atoms with E-state index in [2.05, 4.69) is 20.8 Å². The molecule has 0 atom stereocenters. The van der Waals surface area contributed by atoms with E-state index in [9.17, 15) is 8.42 Å². The molecule has 0 aliphatic carbocycles. The molecule has 2 N–H and O–H groups in total. The molecular weight excluding hydrogens is 426 g/mol. The van der Waals surface area contributed by atoms with Crippen molar-refractivity contribution in [1.29, 1.82) is 0 Å². The Kier molecular flexibility index (Phi) is 6.53. The molecule has 9 nitrogen and oxygen atoms in total. The highest BCUT2D eigenvalue weighted by molar-refractivity contribution is 7.92. The van der Waals surface area contributed by atoms with Gasteiger partial charge in [-0.1, -0.05) is 11.2 Å². The largest absolute Gasteiger partial charge is 0.497 e. The van der Waals surface area contributed by atoms with Crippen LogP contribution in [-0.2, 0) is 16.6 Å². The number of ether oxygens (including phenoxy) is 1. The first-order valence-corrected chi connectivity index (χ1v) is 11.1. The number of aromatic nitrogens is 2. The van der Waals surface area contributed by atoms with Gasteiger partial charge >= 0.3 is 0 Å². The average molecular weight is 448 g/mol. The summed E-state index contributed by atoms with van der Waals surface area (Å²) in [7, 11) is -0.261. The summed E-state index contributed by atoms with van der Waals surface area (Å²) in [6.07, 6.45) is 1.14. The maximum absolute atomic E-state index is 11.7. The second-order valence-corrected chi connectivity index (χ2v) is 8.75. The number of benzene rings is 2. The molecule has 0 amide bonds. The molecule has 11 heteroatoms. The van der Waals surface area contributed by atoms with Crippen molar-refractivity contribution >= 4 is 38.7 Å². The smallest absolute Gasteiger partial charge is 0.246 e. The maximum atomic E-state index is 11.7. The highest BCUT2D eigenvalue weighted by Gasteiger charge is 2.13. The molecule has 0 saturated carbocycles. The van der Waals surface area contributed by atoms with Crippen LogP contribution in [0.2, 0.25) is 0 Å². The third-order valence-corrected chi connectivity index (χ3v) is 5.63. The van der Waals surface area contributed by atoms with Crippen molar-refractivity contribution in [2.75, 3.05) is 30.0 Å². The lowest BCUT2D eigenvalue weighted by Gasteiger charge is -2.18. The molecule has 0 bridgehead atoms. The number of sulfonamides is 1. The van der Waals surface area contributed by atoms with Crippen LogP contribution in [0.4, 0.5) is 11.4 Å². The Labute approximate surface area is 180 Å². The second kappa shape index (κ2) is 9.09. The van der Waals surface area contributed by atoms with Gasteiger partial charge in [0, 0.05) is 18.3 Å². The van der Waals surface area contributed by atoms with Gasteiger partial charge < -0.3 is 19.9 Å². The third-order valence-electron chi connectivity index (χ3n) is 4.18. The van der Waals surface area contributed by atoms with E-state index in [1.165, 1.54) is 11.4 Å². The van der Waals surface area contributed by atoms with Crippen molar-refractivity contribution in [3.05, 3.63) is 54.4 Å². The van der Waals surface area contributed by atoms with E-state index < -0.39 is 10.0 Å². The molecule has 30 heavy (non-hydrogen) atoms. The van der Waals surface area contributed by atoms with Crippen LogP contribution in [-0.4, -0.2) is 44.1 Å². The first-order chi connectivity index (χ1) is 14.3. The van der Waals surface area contributed by atoms with Gasteiger partial charge in [0.15, 0.2) is 5.11 Å². The second-order valence-electron chi connectivity index (χ2n) is 6.33. The molecule has 0 aliphatic rings. The van der Waals surface area contributed by atoms with Gasteiger partial charge in [-0.15, -0.1) is 0 Å². The summed E-state index contributed by atoms with van der Waals surface area (Å²) in [5, 5.41) is 10.3. The van der Waals surface area contributed by atoms with Gasteiger partial charge in [-0.25, -0.2) is 8.42 Å². The fourth-order valence-corrected chi connectivity index (χ4v) is 3.17.